The first-order valence-corrected chi connectivity index (χ1v) is 12.3. The van der Waals surface area contributed by atoms with Crippen LogP contribution in [0.5, 0.6) is 5.75 Å². The van der Waals surface area contributed by atoms with Gasteiger partial charge in [-0.3, -0.25) is 9.59 Å². The van der Waals surface area contributed by atoms with E-state index in [0.29, 0.717) is 11.3 Å². The highest BCUT2D eigenvalue weighted by Crippen LogP contribution is 2.32. The van der Waals surface area contributed by atoms with Crippen molar-refractivity contribution in [3.8, 4) is 5.75 Å². The van der Waals surface area contributed by atoms with Crippen LogP contribution in [0, 0.1) is 5.92 Å². The number of rotatable bonds is 6. The van der Waals surface area contributed by atoms with Crippen molar-refractivity contribution in [1.29, 1.82) is 0 Å². The Labute approximate surface area is 202 Å². The molecule has 0 radical (unpaired) electrons. The van der Waals surface area contributed by atoms with E-state index in [4.69, 9.17) is 4.74 Å². The fourth-order valence-electron chi connectivity index (χ4n) is 4.69. The second kappa shape index (κ2) is 10.8. The predicted molar refractivity (Wildman–Crippen MR) is 137 cm³/mol. The Hall–Kier alpha value is -3.22. The van der Waals surface area contributed by atoms with Gasteiger partial charge in [0.1, 0.15) is 5.75 Å². The molecule has 2 aromatic rings. The number of para-hydroxylation sites is 2. The number of anilines is 3. The van der Waals surface area contributed by atoms with Gasteiger partial charge in [-0.2, -0.15) is 0 Å². The van der Waals surface area contributed by atoms with Crippen LogP contribution < -0.4 is 19.9 Å². The lowest BCUT2D eigenvalue weighted by Crippen LogP contribution is -2.47. The summed E-state index contributed by atoms with van der Waals surface area (Å²) in [5.41, 5.74) is 3.39. The molecule has 1 N–H and O–H groups in total. The number of benzene rings is 2. The maximum Gasteiger partial charge on any atom is 0.256 e. The number of ether oxygens (including phenoxy) is 1. The average Bonchev–Trinajstić information content (AvgIpc) is 2.88. The molecule has 2 fully saturated rings. The van der Waals surface area contributed by atoms with Crippen molar-refractivity contribution in [2.75, 3.05) is 61.5 Å². The van der Waals surface area contributed by atoms with Gasteiger partial charge in [0, 0.05) is 56.6 Å². The summed E-state index contributed by atoms with van der Waals surface area (Å²) in [4.78, 5) is 32.4. The minimum atomic E-state index is -0.121. The predicted octanol–water partition coefficient (Wildman–Crippen LogP) is 4.24. The number of likely N-dealkylation sites (tertiary alicyclic amines) is 1. The number of nitrogens with zero attached hydrogens (tertiary/aromatic N) is 3. The summed E-state index contributed by atoms with van der Waals surface area (Å²) in [6.45, 7) is 8.60. The second-order valence-electron chi connectivity index (χ2n) is 9.37. The molecule has 0 atom stereocenters. The smallest absolute Gasteiger partial charge is 0.256 e. The summed E-state index contributed by atoms with van der Waals surface area (Å²) in [5, 5.41) is 2.96. The summed E-state index contributed by atoms with van der Waals surface area (Å²) in [5.74, 6) is 0.767. The Morgan fingerprint density at radius 3 is 2.15 bits per heavy atom. The molecule has 2 amide bonds. The van der Waals surface area contributed by atoms with Gasteiger partial charge >= 0.3 is 0 Å². The van der Waals surface area contributed by atoms with Gasteiger partial charge in [-0.15, -0.1) is 0 Å². The summed E-state index contributed by atoms with van der Waals surface area (Å²) in [6.07, 6.45) is 3.26. The lowest BCUT2D eigenvalue weighted by Gasteiger charge is -2.39. The summed E-state index contributed by atoms with van der Waals surface area (Å²) >= 11 is 0. The van der Waals surface area contributed by atoms with Gasteiger partial charge in [0.25, 0.3) is 5.91 Å². The maximum atomic E-state index is 13.6. The normalized spacial score (nSPS) is 16.5. The van der Waals surface area contributed by atoms with Crippen molar-refractivity contribution in [2.24, 2.45) is 5.92 Å². The molecule has 4 rings (SSSR count). The van der Waals surface area contributed by atoms with E-state index in [-0.39, 0.29) is 17.7 Å². The summed E-state index contributed by atoms with van der Waals surface area (Å²) in [6, 6.07) is 13.9. The standard InChI is InChI=1S/C27H36N4O3/c1-20(2)26(32)28-21-11-12-23(22(19-21)27(33)31-13-7-4-8-14-31)29-15-17-30(18-16-29)24-9-5-6-10-25(24)34-3/h5-6,9-12,19-20H,4,7-8,13-18H2,1-3H3,(H,28,32). The van der Waals surface area contributed by atoms with Crippen molar-refractivity contribution >= 4 is 28.9 Å². The molecule has 0 aromatic heterocycles. The molecule has 0 bridgehead atoms. The molecular weight excluding hydrogens is 428 g/mol. The zero-order valence-electron chi connectivity index (χ0n) is 20.5. The summed E-state index contributed by atoms with van der Waals surface area (Å²) < 4.78 is 5.55. The van der Waals surface area contributed by atoms with E-state index in [1.54, 1.807) is 7.11 Å². The molecule has 2 aliphatic heterocycles. The molecule has 0 saturated carbocycles. The number of methoxy groups -OCH3 is 1. The minimum Gasteiger partial charge on any atom is -0.495 e. The molecule has 7 heteroatoms. The van der Waals surface area contributed by atoms with Gasteiger partial charge in [-0.05, 0) is 49.6 Å². The first kappa shape index (κ1) is 23.9. The van der Waals surface area contributed by atoms with Gasteiger partial charge in [0.2, 0.25) is 5.91 Å². The first-order valence-electron chi connectivity index (χ1n) is 12.3. The van der Waals surface area contributed by atoms with Gasteiger partial charge in [-0.25, -0.2) is 0 Å². The number of carbonyl (C=O) groups is 2. The Morgan fingerprint density at radius 2 is 1.50 bits per heavy atom. The number of piperazine rings is 1. The first-order chi connectivity index (χ1) is 16.5. The monoisotopic (exact) mass is 464 g/mol. The molecule has 2 aliphatic rings. The highest BCUT2D eigenvalue weighted by molar-refractivity contribution is 6.02. The molecule has 0 aliphatic carbocycles. The topological polar surface area (TPSA) is 65.1 Å². The molecular formula is C27H36N4O3. The number of piperidine rings is 1. The van der Waals surface area contributed by atoms with Crippen LogP contribution in [0.25, 0.3) is 0 Å². The molecule has 2 aromatic carbocycles. The summed E-state index contributed by atoms with van der Waals surface area (Å²) in [7, 11) is 1.70. The Morgan fingerprint density at radius 1 is 0.853 bits per heavy atom. The van der Waals surface area contributed by atoms with Crippen LogP contribution >= 0.6 is 0 Å². The number of amides is 2. The van der Waals surface area contributed by atoms with E-state index in [1.807, 2.05) is 55.1 Å². The van der Waals surface area contributed by atoms with Crippen LogP contribution in [0.15, 0.2) is 42.5 Å². The van der Waals surface area contributed by atoms with Crippen LogP contribution in [0.1, 0.15) is 43.5 Å². The molecule has 0 unspecified atom stereocenters. The third kappa shape index (κ3) is 5.29. The fourth-order valence-corrected chi connectivity index (χ4v) is 4.69. The van der Waals surface area contributed by atoms with Gasteiger partial charge < -0.3 is 24.8 Å². The van der Waals surface area contributed by atoms with Gasteiger partial charge in [0.05, 0.1) is 18.4 Å². The molecule has 182 valence electrons. The number of hydrogen-bond donors (Lipinski definition) is 1. The third-order valence-electron chi connectivity index (χ3n) is 6.71. The Bertz CT molecular complexity index is 1010. The minimum absolute atomic E-state index is 0.0467. The Balaban J connectivity index is 1.56. The van der Waals surface area contributed by atoms with E-state index in [9.17, 15) is 9.59 Å². The number of nitrogens with one attached hydrogen (secondary N) is 1. The van der Waals surface area contributed by atoms with E-state index in [1.165, 1.54) is 6.42 Å². The van der Waals surface area contributed by atoms with Crippen LogP contribution in [0.3, 0.4) is 0 Å². The van der Waals surface area contributed by atoms with Crippen LogP contribution in [0.4, 0.5) is 17.1 Å². The third-order valence-corrected chi connectivity index (χ3v) is 6.71. The van der Waals surface area contributed by atoms with Crippen molar-refractivity contribution < 1.29 is 14.3 Å². The number of carbonyl (C=O) groups excluding carboxylic acids is 2. The average molecular weight is 465 g/mol. The SMILES string of the molecule is COc1ccccc1N1CCN(c2ccc(NC(=O)C(C)C)cc2C(=O)N2CCCCC2)CC1. The van der Waals surface area contributed by atoms with Crippen molar-refractivity contribution in [2.45, 2.75) is 33.1 Å². The molecule has 7 nitrogen and oxygen atoms in total. The Kier molecular flexibility index (Phi) is 7.60. The highest BCUT2D eigenvalue weighted by atomic mass is 16.5. The van der Waals surface area contributed by atoms with E-state index in [0.717, 1.165) is 69.2 Å². The van der Waals surface area contributed by atoms with Crippen LogP contribution in [-0.2, 0) is 4.79 Å². The van der Waals surface area contributed by atoms with E-state index in [2.05, 4.69) is 21.2 Å². The molecule has 2 saturated heterocycles. The zero-order chi connectivity index (χ0) is 24.1. The molecule has 34 heavy (non-hydrogen) atoms. The lowest BCUT2D eigenvalue weighted by atomic mass is 10.0. The van der Waals surface area contributed by atoms with E-state index < -0.39 is 0 Å². The zero-order valence-corrected chi connectivity index (χ0v) is 20.5. The van der Waals surface area contributed by atoms with Gasteiger partial charge in [0.15, 0.2) is 0 Å². The largest absolute Gasteiger partial charge is 0.495 e. The van der Waals surface area contributed by atoms with Crippen molar-refractivity contribution in [3.05, 3.63) is 48.0 Å². The van der Waals surface area contributed by atoms with Crippen LogP contribution in [-0.4, -0.2) is 63.1 Å². The van der Waals surface area contributed by atoms with E-state index >= 15 is 0 Å². The van der Waals surface area contributed by atoms with Crippen molar-refractivity contribution in [3.63, 3.8) is 0 Å². The fraction of sp³-hybridized carbons (Fsp3) is 0.481. The second-order valence-corrected chi connectivity index (χ2v) is 9.37. The maximum absolute atomic E-state index is 13.6. The highest BCUT2D eigenvalue weighted by Gasteiger charge is 2.26. The molecule has 0 spiro atoms. The van der Waals surface area contributed by atoms with Crippen LogP contribution in [0.2, 0.25) is 0 Å². The lowest BCUT2D eigenvalue weighted by molar-refractivity contribution is -0.118. The quantitative estimate of drug-likeness (QED) is 0.693. The molecule has 2 heterocycles. The van der Waals surface area contributed by atoms with Gasteiger partial charge in [-0.1, -0.05) is 26.0 Å². The number of hydrogen-bond acceptors (Lipinski definition) is 5. The van der Waals surface area contributed by atoms with Crippen molar-refractivity contribution in [1.82, 2.24) is 4.90 Å².